The first kappa shape index (κ1) is 44.3. The number of pyridine rings is 1. The number of carbonyl (C=O) groups is 6. The number of hydrogen-bond acceptors (Lipinski definition) is 13. The van der Waals surface area contributed by atoms with E-state index in [1.807, 2.05) is 35.1 Å². The number of aromatic nitrogens is 1. The van der Waals surface area contributed by atoms with Crippen LogP contribution >= 0.6 is 0 Å². The fourth-order valence-corrected chi connectivity index (χ4v) is 8.27. The lowest BCUT2D eigenvalue weighted by molar-refractivity contribution is -0.148. The highest BCUT2D eigenvalue weighted by molar-refractivity contribution is 7.90. The number of rotatable bonds is 16. The lowest BCUT2D eigenvalue weighted by Crippen LogP contribution is -2.59. The van der Waals surface area contributed by atoms with E-state index in [0.717, 1.165) is 10.5 Å². The van der Waals surface area contributed by atoms with Crippen molar-refractivity contribution in [3.8, 4) is 22.8 Å². The zero-order valence-electron chi connectivity index (χ0n) is 34.3. The average molecular weight is 863 g/mol. The van der Waals surface area contributed by atoms with Crippen molar-refractivity contribution in [2.75, 3.05) is 20.2 Å². The van der Waals surface area contributed by atoms with Crippen molar-refractivity contribution < 1.29 is 56.1 Å². The van der Waals surface area contributed by atoms with E-state index >= 15 is 0 Å². The lowest BCUT2D eigenvalue weighted by Gasteiger charge is -2.30. The maximum atomic E-state index is 14.7. The van der Waals surface area contributed by atoms with Gasteiger partial charge in [0.15, 0.2) is 6.10 Å². The summed E-state index contributed by atoms with van der Waals surface area (Å²) in [7, 11) is -2.44. The first-order valence-electron chi connectivity index (χ1n) is 19.9. The van der Waals surface area contributed by atoms with Crippen LogP contribution in [0.5, 0.6) is 11.5 Å². The van der Waals surface area contributed by atoms with Gasteiger partial charge in [-0.25, -0.2) is 18.2 Å². The van der Waals surface area contributed by atoms with Gasteiger partial charge < -0.3 is 39.8 Å². The van der Waals surface area contributed by atoms with Crippen LogP contribution in [0.3, 0.4) is 0 Å². The Balaban J connectivity index is 1.32. The number of hydrogen-bond donors (Lipinski definition) is 4. The molecule has 2 aromatic carbocycles. The Labute approximate surface area is 353 Å². The van der Waals surface area contributed by atoms with Crippen LogP contribution in [0.4, 0.5) is 4.79 Å². The number of sulfonamides is 1. The van der Waals surface area contributed by atoms with Gasteiger partial charge in [0.1, 0.15) is 41.3 Å². The summed E-state index contributed by atoms with van der Waals surface area (Å²) in [6.07, 6.45) is -0.915. The summed E-state index contributed by atoms with van der Waals surface area (Å²) in [6.45, 7) is 7.81. The summed E-state index contributed by atoms with van der Waals surface area (Å²) < 4.78 is 49.9. The Hall–Kier alpha value is -6.24. The molecule has 2 aliphatic heterocycles. The Morgan fingerprint density at radius 2 is 1.74 bits per heavy atom. The molecule has 2 saturated heterocycles. The van der Waals surface area contributed by atoms with E-state index in [1.54, 1.807) is 45.0 Å². The van der Waals surface area contributed by atoms with Gasteiger partial charge in [-0.3, -0.25) is 28.7 Å². The number of fused-ring (bicyclic) bond motifs is 1. The fourth-order valence-electron chi connectivity index (χ4n) is 6.93. The predicted octanol–water partition coefficient (Wildman–Crippen LogP) is 2.64. The first-order chi connectivity index (χ1) is 28.9. The Morgan fingerprint density at radius 1 is 1.00 bits per heavy atom. The highest BCUT2D eigenvalue weighted by Crippen LogP contribution is 2.35. The van der Waals surface area contributed by atoms with Crippen molar-refractivity contribution in [2.45, 2.75) is 100 Å². The fraction of sp³-hybridized carbons (Fsp3) is 0.452. The first-order valence-corrected chi connectivity index (χ1v) is 21.4. The summed E-state index contributed by atoms with van der Waals surface area (Å²) in [5, 5.41) is 7.55. The minimum atomic E-state index is -3.97. The second-order valence-corrected chi connectivity index (χ2v) is 18.0. The van der Waals surface area contributed by atoms with Crippen LogP contribution < -0.4 is 30.1 Å². The van der Waals surface area contributed by atoms with Crippen molar-refractivity contribution in [1.29, 1.82) is 0 Å². The zero-order valence-corrected chi connectivity index (χ0v) is 35.1. The number of cyclic esters (lactones) is 1. The van der Waals surface area contributed by atoms with Crippen molar-refractivity contribution >= 4 is 56.6 Å². The molecule has 4 N–H and O–H groups in total. The smallest absolute Gasteiger partial charge is 0.408 e. The van der Waals surface area contributed by atoms with Gasteiger partial charge in [-0.1, -0.05) is 36.4 Å². The SMILES string of the molecule is C=CC[C@@H](NC(=O)[C@@H]1CC(Oc2cc(-c3ccccc3)nc3cc(OC)ccc23)CN1C(=O)[C@H](CNC(=O)[C@@H]1CCC(=O)O1)NC(=O)OC(C)(C)C)C(=O)NS(=O)(=O)C1CC1. The number of nitrogens with one attached hydrogen (secondary N) is 4. The number of nitrogens with zero attached hydrogens (tertiary/aromatic N) is 2. The summed E-state index contributed by atoms with van der Waals surface area (Å²) in [5.41, 5.74) is 0.928. The molecule has 61 heavy (non-hydrogen) atoms. The van der Waals surface area contributed by atoms with Crippen LogP contribution in [0, 0.1) is 0 Å². The quantitative estimate of drug-likeness (QED) is 0.120. The number of esters is 1. The van der Waals surface area contributed by atoms with E-state index < -0.39 is 93.4 Å². The number of alkyl carbamates (subject to hydrolysis) is 1. The van der Waals surface area contributed by atoms with Crippen LogP contribution in [0.1, 0.15) is 59.3 Å². The zero-order chi connectivity index (χ0) is 44.1. The molecular weight excluding hydrogens is 813 g/mol. The van der Waals surface area contributed by atoms with Crippen LogP contribution in [0.2, 0.25) is 0 Å². The van der Waals surface area contributed by atoms with E-state index in [-0.39, 0.29) is 32.2 Å². The Kier molecular flexibility index (Phi) is 13.5. The maximum absolute atomic E-state index is 14.7. The monoisotopic (exact) mass is 862 g/mol. The molecule has 19 heteroatoms. The van der Waals surface area contributed by atoms with Gasteiger partial charge in [-0.05, 0) is 52.2 Å². The molecule has 3 heterocycles. The second-order valence-electron chi connectivity index (χ2n) is 16.0. The molecule has 18 nitrogen and oxygen atoms in total. The number of carbonyl (C=O) groups excluding carboxylic acids is 6. The summed E-state index contributed by atoms with van der Waals surface area (Å²) in [6, 6.07) is 12.1. The summed E-state index contributed by atoms with van der Waals surface area (Å²) in [5.74, 6) is -2.94. The van der Waals surface area contributed by atoms with Gasteiger partial charge in [0.05, 0.1) is 30.1 Å². The number of ether oxygens (including phenoxy) is 4. The van der Waals surface area contributed by atoms with Crippen molar-refractivity contribution in [1.82, 2.24) is 30.6 Å². The molecule has 1 saturated carbocycles. The van der Waals surface area contributed by atoms with Crippen molar-refractivity contribution in [2.24, 2.45) is 0 Å². The molecule has 3 aliphatic rings. The number of amides is 5. The molecule has 1 aromatic heterocycles. The van der Waals surface area contributed by atoms with Crippen LogP contribution in [-0.4, -0.2) is 115 Å². The van der Waals surface area contributed by atoms with Gasteiger partial charge in [0, 0.05) is 48.9 Å². The molecular formula is C42H50N6O12S. The minimum Gasteiger partial charge on any atom is -0.497 e. The van der Waals surface area contributed by atoms with E-state index in [0.29, 0.717) is 40.9 Å². The summed E-state index contributed by atoms with van der Waals surface area (Å²) in [4.78, 5) is 86.1. The number of methoxy groups -OCH3 is 1. The Morgan fingerprint density at radius 3 is 2.38 bits per heavy atom. The standard InChI is InChI=1S/C42H50N6O12S/c1-6-10-29(37(50)47-61(55,56)27-14-15-27)45-38(51)33-20-26(58-35-21-30(24-11-8-7-9-12-24)44-31-19-25(57-5)13-16-28(31)35)23-48(33)40(53)32(46-41(54)60-42(2,3)4)22-43-39(52)34-17-18-36(49)59-34/h6-9,11-13,16,19,21,26-27,29,32-34H,1,10,14-15,17-18,20,22-23H2,2-5H3,(H,43,52)(H,45,51)(H,46,54)(H,47,50)/t26?,29-,32+,33+,34+/m1/s1. The third kappa shape index (κ3) is 11.3. The molecule has 3 aromatic rings. The third-order valence-electron chi connectivity index (χ3n) is 10.1. The third-order valence-corrected chi connectivity index (χ3v) is 11.9. The molecule has 5 amide bonds. The second kappa shape index (κ2) is 18.6. The van der Waals surface area contributed by atoms with Gasteiger partial charge in [-0.2, -0.15) is 0 Å². The lowest BCUT2D eigenvalue weighted by atomic mass is 10.1. The van der Waals surface area contributed by atoms with Gasteiger partial charge in [0.25, 0.3) is 11.8 Å². The maximum Gasteiger partial charge on any atom is 0.408 e. The molecule has 5 atom stereocenters. The Bertz CT molecular complexity index is 2300. The molecule has 0 spiro atoms. The highest BCUT2D eigenvalue weighted by Gasteiger charge is 2.45. The molecule has 0 bridgehead atoms. The van der Waals surface area contributed by atoms with Crippen molar-refractivity contribution in [3.05, 3.63) is 67.3 Å². The normalized spacial score (nSPS) is 19.8. The topological polar surface area (TPSA) is 238 Å². The molecule has 1 aliphatic carbocycles. The molecule has 0 radical (unpaired) electrons. The molecule has 3 fully saturated rings. The molecule has 1 unspecified atom stereocenters. The van der Waals surface area contributed by atoms with Crippen LogP contribution in [-0.2, 0) is 43.5 Å². The van der Waals surface area contributed by atoms with E-state index in [1.165, 1.54) is 13.2 Å². The minimum absolute atomic E-state index is 0.0348. The van der Waals surface area contributed by atoms with Gasteiger partial charge >= 0.3 is 12.1 Å². The number of likely N-dealkylation sites (tertiary alicyclic amines) is 1. The largest absolute Gasteiger partial charge is 0.497 e. The predicted molar refractivity (Wildman–Crippen MR) is 220 cm³/mol. The van der Waals surface area contributed by atoms with Crippen LogP contribution in [0.25, 0.3) is 22.2 Å². The van der Waals surface area contributed by atoms with Crippen molar-refractivity contribution in [3.63, 3.8) is 0 Å². The summed E-state index contributed by atoms with van der Waals surface area (Å²) >= 11 is 0. The molecule has 326 valence electrons. The van der Waals surface area contributed by atoms with E-state index in [9.17, 15) is 37.2 Å². The van der Waals surface area contributed by atoms with Crippen LogP contribution in [0.15, 0.2) is 67.3 Å². The highest BCUT2D eigenvalue weighted by atomic mass is 32.2. The molecule has 6 rings (SSSR count). The van der Waals surface area contributed by atoms with Gasteiger partial charge in [0.2, 0.25) is 21.8 Å². The van der Waals surface area contributed by atoms with E-state index in [4.69, 9.17) is 23.9 Å². The van der Waals surface area contributed by atoms with Gasteiger partial charge in [-0.15, -0.1) is 6.58 Å². The van der Waals surface area contributed by atoms with E-state index in [2.05, 4.69) is 22.5 Å². The average Bonchev–Trinajstić information content (AvgIpc) is 3.87. The number of benzene rings is 2.